The second kappa shape index (κ2) is 6.91. The number of nitrogens with two attached hydrogens (primary N) is 1. The van der Waals surface area contributed by atoms with E-state index in [1.807, 2.05) is 0 Å². The Labute approximate surface area is 124 Å². The number of anilines is 1. The van der Waals surface area contributed by atoms with Gasteiger partial charge in [0.2, 0.25) is 0 Å². The molecule has 0 saturated carbocycles. The predicted molar refractivity (Wildman–Crippen MR) is 75.9 cm³/mol. The van der Waals surface area contributed by atoms with Crippen LogP contribution in [0.5, 0.6) is 0 Å². The molecule has 0 atom stereocenters. The van der Waals surface area contributed by atoms with Crippen molar-refractivity contribution >= 4 is 48.6 Å². The van der Waals surface area contributed by atoms with E-state index in [4.69, 9.17) is 39.6 Å². The molecule has 9 heteroatoms. The lowest BCUT2D eigenvalue weighted by Crippen LogP contribution is -1.90. The van der Waals surface area contributed by atoms with Crippen LogP contribution < -0.4 is 5.73 Å². The molecule has 0 radical (unpaired) electrons. The van der Waals surface area contributed by atoms with Gasteiger partial charge in [-0.3, -0.25) is 0 Å². The monoisotopic (exact) mass is 339 g/mol. The van der Waals surface area contributed by atoms with Gasteiger partial charge in [0.05, 0.1) is 4.90 Å². The Hall–Kier alpha value is -1.08. The van der Waals surface area contributed by atoms with Gasteiger partial charge >= 0.3 is 0 Å². The van der Waals surface area contributed by atoms with E-state index in [9.17, 15) is 8.42 Å². The molecule has 19 heavy (non-hydrogen) atoms. The quantitative estimate of drug-likeness (QED) is 0.637. The molecule has 0 unspecified atom stereocenters. The topological polar surface area (TPSA) is 85.9 Å². The van der Waals surface area contributed by atoms with Crippen LogP contribution in [0.3, 0.4) is 0 Å². The Kier molecular flexibility index (Phi) is 5.81. The highest BCUT2D eigenvalue weighted by Crippen LogP contribution is 2.16. The minimum Gasteiger partial charge on any atom is -0.399 e. The summed E-state index contributed by atoms with van der Waals surface area (Å²) in [6.45, 7) is 0. The van der Waals surface area contributed by atoms with Crippen LogP contribution in [0.4, 0.5) is 5.69 Å². The number of nitrogen functional groups attached to an aromatic ring is 1. The summed E-state index contributed by atoms with van der Waals surface area (Å²) < 4.78 is 21.3. The van der Waals surface area contributed by atoms with Gasteiger partial charge in [0, 0.05) is 28.8 Å². The van der Waals surface area contributed by atoms with Crippen molar-refractivity contribution in [2.24, 2.45) is 0 Å². The Balaban J connectivity index is 0.000000200. The summed E-state index contributed by atoms with van der Waals surface area (Å²) in [5.74, 6) is 0. The van der Waals surface area contributed by atoms with E-state index in [-0.39, 0.29) is 10.0 Å². The predicted octanol–water partition coefficient (Wildman–Crippen LogP) is 2.98. The SMILES string of the molecule is Nc1ccnc(Cl)c1.O=S(=O)(Cl)c1ccnc(Cl)c1. The summed E-state index contributed by atoms with van der Waals surface area (Å²) in [6.07, 6.45) is 2.84. The minimum atomic E-state index is -3.68. The molecular formula is C10H8Cl3N3O2S. The van der Waals surface area contributed by atoms with Crippen molar-refractivity contribution in [2.75, 3.05) is 5.73 Å². The Bertz CT molecular complexity index is 647. The standard InChI is InChI=1S/C5H3Cl2NO2S.C5H5ClN2/c6-5-3-4(1-2-8-5)11(7,9)10;6-5-3-4(7)1-2-8-5/h1-3H;1-3H,(H2,7,8). The molecule has 0 aromatic carbocycles. The lowest BCUT2D eigenvalue weighted by Gasteiger charge is -1.93. The molecule has 2 aromatic rings. The van der Waals surface area contributed by atoms with Crippen molar-refractivity contribution in [3.05, 3.63) is 47.0 Å². The zero-order valence-electron chi connectivity index (χ0n) is 9.29. The molecule has 0 aliphatic heterocycles. The van der Waals surface area contributed by atoms with E-state index >= 15 is 0 Å². The van der Waals surface area contributed by atoms with Crippen molar-refractivity contribution in [1.82, 2.24) is 9.97 Å². The van der Waals surface area contributed by atoms with E-state index in [0.29, 0.717) is 10.8 Å². The third kappa shape index (κ3) is 6.07. The smallest absolute Gasteiger partial charge is 0.261 e. The lowest BCUT2D eigenvalue weighted by molar-refractivity contribution is 0.609. The zero-order chi connectivity index (χ0) is 14.5. The van der Waals surface area contributed by atoms with Crippen molar-refractivity contribution in [2.45, 2.75) is 4.90 Å². The summed E-state index contributed by atoms with van der Waals surface area (Å²) in [7, 11) is 1.34. The van der Waals surface area contributed by atoms with Gasteiger partial charge in [-0.15, -0.1) is 0 Å². The first-order valence-corrected chi connectivity index (χ1v) is 7.79. The maximum absolute atomic E-state index is 10.7. The Morgan fingerprint density at radius 1 is 1.00 bits per heavy atom. The molecule has 2 N–H and O–H groups in total. The van der Waals surface area contributed by atoms with Crippen molar-refractivity contribution < 1.29 is 8.42 Å². The first kappa shape index (κ1) is 16.0. The molecule has 2 aromatic heterocycles. The second-order valence-electron chi connectivity index (χ2n) is 3.16. The number of nitrogens with zero attached hydrogens (tertiary/aromatic N) is 2. The van der Waals surface area contributed by atoms with Crippen LogP contribution in [-0.4, -0.2) is 18.4 Å². The van der Waals surface area contributed by atoms with Crippen LogP contribution in [-0.2, 0) is 9.05 Å². The van der Waals surface area contributed by atoms with Gasteiger partial charge in [-0.1, -0.05) is 23.2 Å². The summed E-state index contributed by atoms with van der Waals surface area (Å²) in [4.78, 5) is 7.28. The summed E-state index contributed by atoms with van der Waals surface area (Å²) >= 11 is 10.9. The van der Waals surface area contributed by atoms with Crippen molar-refractivity contribution in [1.29, 1.82) is 0 Å². The normalized spacial score (nSPS) is 10.5. The molecule has 0 saturated heterocycles. The third-order valence-corrected chi connectivity index (χ3v) is 3.50. The van der Waals surface area contributed by atoms with Gasteiger partial charge in [0.15, 0.2) is 0 Å². The second-order valence-corrected chi connectivity index (χ2v) is 6.50. The molecule has 102 valence electrons. The summed E-state index contributed by atoms with van der Waals surface area (Å²) in [6, 6.07) is 5.74. The first-order valence-electron chi connectivity index (χ1n) is 4.72. The Morgan fingerprint density at radius 2 is 1.53 bits per heavy atom. The van der Waals surface area contributed by atoms with Crippen LogP contribution >= 0.6 is 33.9 Å². The van der Waals surface area contributed by atoms with Crippen LogP contribution in [0, 0.1) is 0 Å². The molecule has 0 aliphatic carbocycles. The van der Waals surface area contributed by atoms with Gasteiger partial charge < -0.3 is 5.73 Å². The number of hydrogen-bond acceptors (Lipinski definition) is 5. The number of hydrogen-bond donors (Lipinski definition) is 1. The highest BCUT2D eigenvalue weighted by molar-refractivity contribution is 8.13. The average Bonchev–Trinajstić information content (AvgIpc) is 2.28. The molecule has 5 nitrogen and oxygen atoms in total. The fourth-order valence-electron chi connectivity index (χ4n) is 0.954. The van der Waals surface area contributed by atoms with E-state index < -0.39 is 9.05 Å². The van der Waals surface area contributed by atoms with Gasteiger partial charge in [-0.25, -0.2) is 18.4 Å². The van der Waals surface area contributed by atoms with Gasteiger partial charge in [-0.2, -0.15) is 0 Å². The number of rotatable bonds is 1. The van der Waals surface area contributed by atoms with Gasteiger partial charge in [0.25, 0.3) is 9.05 Å². The molecule has 2 rings (SSSR count). The molecule has 0 aliphatic rings. The Morgan fingerprint density at radius 3 is 1.84 bits per heavy atom. The fraction of sp³-hybridized carbons (Fsp3) is 0. The summed E-state index contributed by atoms with van der Waals surface area (Å²) in [5.41, 5.74) is 5.98. The van der Waals surface area contributed by atoms with Crippen LogP contribution in [0.25, 0.3) is 0 Å². The number of pyridine rings is 2. The fourth-order valence-corrected chi connectivity index (χ4v) is 2.14. The number of halogens is 3. The molecule has 0 amide bonds. The highest BCUT2D eigenvalue weighted by Gasteiger charge is 2.09. The van der Waals surface area contributed by atoms with E-state index in [0.717, 1.165) is 0 Å². The first-order chi connectivity index (χ1) is 8.79. The van der Waals surface area contributed by atoms with Crippen LogP contribution in [0.15, 0.2) is 41.6 Å². The molecule has 0 fully saturated rings. The lowest BCUT2D eigenvalue weighted by atomic mass is 10.4. The highest BCUT2D eigenvalue weighted by atomic mass is 35.7. The van der Waals surface area contributed by atoms with E-state index in [1.165, 1.54) is 18.3 Å². The third-order valence-electron chi connectivity index (χ3n) is 1.73. The van der Waals surface area contributed by atoms with Crippen LogP contribution in [0.1, 0.15) is 0 Å². The van der Waals surface area contributed by atoms with Gasteiger partial charge in [0.1, 0.15) is 10.3 Å². The zero-order valence-corrected chi connectivity index (χ0v) is 12.4. The van der Waals surface area contributed by atoms with Crippen molar-refractivity contribution in [3.63, 3.8) is 0 Å². The molecule has 0 spiro atoms. The van der Waals surface area contributed by atoms with Crippen molar-refractivity contribution in [3.8, 4) is 0 Å². The van der Waals surface area contributed by atoms with Crippen LogP contribution in [0.2, 0.25) is 10.3 Å². The molecular weight excluding hydrogens is 333 g/mol. The molecule has 0 bridgehead atoms. The van der Waals surface area contributed by atoms with Gasteiger partial charge in [-0.05, 0) is 24.3 Å². The maximum atomic E-state index is 10.7. The maximum Gasteiger partial charge on any atom is 0.261 e. The summed E-state index contributed by atoms with van der Waals surface area (Å²) in [5, 5.41) is 0.539. The largest absolute Gasteiger partial charge is 0.399 e. The van der Waals surface area contributed by atoms with E-state index in [2.05, 4.69) is 9.97 Å². The molecule has 2 heterocycles. The number of aromatic nitrogens is 2. The average molecular weight is 341 g/mol. The minimum absolute atomic E-state index is 0.0424. The van der Waals surface area contributed by atoms with E-state index in [1.54, 1.807) is 18.3 Å².